The van der Waals surface area contributed by atoms with Crippen LogP contribution in [0.4, 0.5) is 0 Å². The van der Waals surface area contributed by atoms with Crippen LogP contribution in [0.2, 0.25) is 0 Å². The van der Waals surface area contributed by atoms with Crippen molar-refractivity contribution in [2.45, 2.75) is 48.0 Å². The Bertz CT molecular complexity index is 1830. The van der Waals surface area contributed by atoms with E-state index in [1.165, 1.54) is 60.9 Å². The number of hydrogen-bond acceptors (Lipinski definition) is 0. The van der Waals surface area contributed by atoms with E-state index in [1.807, 2.05) is 52.8 Å². The van der Waals surface area contributed by atoms with Gasteiger partial charge in [0.25, 0.3) is 0 Å². The summed E-state index contributed by atoms with van der Waals surface area (Å²) in [6.07, 6.45) is 1.10. The average Bonchev–Trinajstić information content (AvgIpc) is 3.64. The van der Waals surface area contributed by atoms with Crippen LogP contribution in [0.1, 0.15) is 49.9 Å². The SMILES string of the molecule is CC.CC.Cc1cc#ccc1.Cc1cccc(-n2c3ccccc3c3ccccc32)c1.[Ar].[Ar].[Ar].[Ar].[Ar].[Ar].[Ar].[Ar].c1ccc2c(c1)Cc1ccccc1-2. The Morgan fingerprint density at radius 1 is 0.442 bits per heavy atom. The molecule has 284 valence electrons. The molecular formula is C43H43Ar8N. The molecule has 0 unspecified atom stereocenters. The van der Waals surface area contributed by atoms with Crippen molar-refractivity contribution >= 4 is 21.8 Å². The molecule has 0 fully saturated rings. The Hall–Kier alpha value is 5.02. The molecule has 0 saturated heterocycles. The van der Waals surface area contributed by atoms with Gasteiger partial charge in [-0.3, -0.25) is 0 Å². The summed E-state index contributed by atoms with van der Waals surface area (Å²) in [5, 5.41) is 2.62. The molecule has 0 radical (unpaired) electrons. The largest absolute Gasteiger partial charge is 0.309 e. The third-order valence-electron chi connectivity index (χ3n) is 7.36. The van der Waals surface area contributed by atoms with E-state index in [4.69, 9.17) is 0 Å². The quantitative estimate of drug-likeness (QED) is 0.155. The molecule has 0 saturated carbocycles. The minimum Gasteiger partial charge on any atom is -0.309 e. The summed E-state index contributed by atoms with van der Waals surface area (Å²) >= 11 is 0. The van der Waals surface area contributed by atoms with Crippen LogP contribution in [0, 0.1) is 328 Å². The van der Waals surface area contributed by atoms with E-state index in [9.17, 15) is 0 Å². The molecular weight excluding hydrogens is 850 g/mol. The van der Waals surface area contributed by atoms with Crippen LogP contribution in [0.5, 0.6) is 0 Å². The zero-order valence-electron chi connectivity index (χ0n) is 29.8. The van der Waals surface area contributed by atoms with Gasteiger partial charge in [0.2, 0.25) is 0 Å². The summed E-state index contributed by atoms with van der Waals surface area (Å²) in [5.41, 5.74) is 12.0. The van der Waals surface area contributed by atoms with Gasteiger partial charge in [0, 0.05) is 318 Å². The third kappa shape index (κ3) is 19.4. The van der Waals surface area contributed by atoms with Gasteiger partial charge in [-0.1, -0.05) is 143 Å². The molecule has 0 atom stereocenters. The first-order valence-electron chi connectivity index (χ1n) is 15.7. The molecule has 1 aliphatic carbocycles. The molecule has 1 aromatic heterocycles. The summed E-state index contributed by atoms with van der Waals surface area (Å²) in [7, 11) is 0. The molecule has 1 aliphatic rings. The van der Waals surface area contributed by atoms with Crippen molar-refractivity contribution in [3.63, 3.8) is 0 Å². The first kappa shape index (κ1) is 66.1. The minimum atomic E-state index is 0. The minimum absolute atomic E-state index is 0. The Kier molecular flexibility index (Phi) is 48.0. The van der Waals surface area contributed by atoms with Crippen molar-refractivity contribution in [2.24, 2.45) is 0 Å². The van der Waals surface area contributed by atoms with Crippen molar-refractivity contribution in [1.29, 1.82) is 0 Å². The van der Waals surface area contributed by atoms with Gasteiger partial charge in [-0.15, -0.1) is 0 Å². The maximum Gasteiger partial charge on any atom is 0.0541 e. The van der Waals surface area contributed by atoms with Crippen LogP contribution in [-0.2, 0) is 6.42 Å². The summed E-state index contributed by atoms with van der Waals surface area (Å²) in [4.78, 5) is 0. The molecule has 9 heteroatoms. The van der Waals surface area contributed by atoms with E-state index in [0.717, 1.165) is 6.42 Å². The first-order valence-corrected chi connectivity index (χ1v) is 15.7. The maximum absolute atomic E-state index is 2.84. The predicted molar refractivity (Wildman–Crippen MR) is 192 cm³/mol. The zero-order valence-corrected chi connectivity index (χ0v) is 35.4. The summed E-state index contributed by atoms with van der Waals surface area (Å²) in [6.45, 7) is 12.2. The van der Waals surface area contributed by atoms with Crippen molar-refractivity contribution in [3.05, 3.63) is 174 Å². The molecule has 6 aromatic carbocycles. The van der Waals surface area contributed by atoms with Gasteiger partial charge in [0.05, 0.1) is 11.0 Å². The van der Waals surface area contributed by atoms with E-state index < -0.39 is 0 Å². The van der Waals surface area contributed by atoms with Crippen molar-refractivity contribution in [3.8, 4) is 16.8 Å². The van der Waals surface area contributed by atoms with E-state index in [2.05, 4.69) is 145 Å². The number of hydrogen-bond donors (Lipinski definition) is 0. The third-order valence-corrected chi connectivity index (χ3v) is 7.36. The normalized spacial score (nSPS) is 8.65. The van der Waals surface area contributed by atoms with Crippen LogP contribution < -0.4 is 0 Å². The monoisotopic (exact) mass is 893 g/mol. The average molecular weight is 893 g/mol. The molecule has 0 bridgehead atoms. The molecule has 7 aromatic rings. The number of aromatic nitrogens is 1. The Morgan fingerprint density at radius 3 is 1.29 bits per heavy atom. The molecule has 8 rings (SSSR count). The Balaban J connectivity index is -0.000000203. The second kappa shape index (κ2) is 37.8. The van der Waals surface area contributed by atoms with Gasteiger partial charge < -0.3 is 4.57 Å². The standard InChI is InChI=1S/C19H15N.C13H10.C7H6.2C2H6.8Ar/c1-14-7-6-8-15(13-14)20-18-11-4-2-9-16(18)17-10-3-5-12-19(17)20;1-3-7-12-10(5-1)9-11-6-2-4-8-13(11)12;1-7-5-3-2-4-6-7;2*1-2;;;;;;;;/h2-13H,1H3;1-8H,9H2;3,5-6H,1H3;2*1-2H3;;;;;;;;. The zero-order chi connectivity index (χ0) is 31.3. The van der Waals surface area contributed by atoms with Crippen molar-refractivity contribution in [1.82, 2.24) is 4.57 Å². The number of rotatable bonds is 1. The van der Waals surface area contributed by atoms with Crippen LogP contribution in [-0.4, -0.2) is 4.57 Å². The Morgan fingerprint density at radius 2 is 0.885 bits per heavy atom. The van der Waals surface area contributed by atoms with E-state index in [1.54, 1.807) is 0 Å². The fraction of sp³-hybridized carbons (Fsp3) is 0.163. The summed E-state index contributed by atoms with van der Waals surface area (Å²) in [5.74, 6) is 0. The molecule has 1 heterocycles. The topological polar surface area (TPSA) is 4.93 Å². The van der Waals surface area contributed by atoms with Crippen molar-refractivity contribution < 1.29 is 302 Å². The van der Waals surface area contributed by atoms with Gasteiger partial charge in [-0.25, -0.2) is 0 Å². The van der Waals surface area contributed by atoms with E-state index >= 15 is 0 Å². The molecule has 1 nitrogen and oxygen atoms in total. The molecule has 0 amide bonds. The molecule has 0 spiro atoms. The van der Waals surface area contributed by atoms with Gasteiger partial charge in [0.1, 0.15) is 0 Å². The smallest absolute Gasteiger partial charge is 0.0541 e. The van der Waals surface area contributed by atoms with Crippen LogP contribution in [0.25, 0.3) is 38.6 Å². The summed E-state index contributed by atoms with van der Waals surface area (Å²) in [6, 6.07) is 54.6. The second-order valence-corrected chi connectivity index (χ2v) is 10.2. The fourth-order valence-electron chi connectivity index (χ4n) is 5.47. The Labute approximate surface area is 553 Å². The second-order valence-electron chi connectivity index (χ2n) is 10.2. The molecule has 0 N–H and O–H groups in total. The first-order chi connectivity index (χ1) is 21.7. The fourth-order valence-corrected chi connectivity index (χ4v) is 5.47. The molecule has 52 heavy (non-hydrogen) atoms. The van der Waals surface area contributed by atoms with Crippen LogP contribution >= 0.6 is 0 Å². The van der Waals surface area contributed by atoms with Crippen LogP contribution in [0.3, 0.4) is 0 Å². The number of benzene rings is 5. The van der Waals surface area contributed by atoms with Gasteiger partial charge in [0.15, 0.2) is 0 Å². The van der Waals surface area contributed by atoms with Gasteiger partial charge in [-0.2, -0.15) is 0 Å². The molecule has 0 aliphatic heterocycles. The number of para-hydroxylation sites is 2. The van der Waals surface area contributed by atoms with E-state index in [0.29, 0.717) is 0 Å². The number of fused-ring (bicyclic) bond motifs is 6. The number of nitrogens with zero attached hydrogens (tertiary/aromatic N) is 1. The van der Waals surface area contributed by atoms with E-state index in [-0.39, 0.29) is 302 Å². The van der Waals surface area contributed by atoms with Gasteiger partial charge >= 0.3 is 0 Å². The number of aryl methyl sites for hydroxylation is 2. The maximum atomic E-state index is 2.84. The van der Waals surface area contributed by atoms with Crippen molar-refractivity contribution in [2.75, 3.05) is 0 Å². The summed E-state index contributed by atoms with van der Waals surface area (Å²) < 4.78 is 2.34. The predicted octanol–water partition coefficient (Wildman–Crippen LogP) is 12.0. The van der Waals surface area contributed by atoms with Gasteiger partial charge in [-0.05, 0) is 90.0 Å². The van der Waals surface area contributed by atoms with Crippen LogP contribution in [0.15, 0.2) is 140 Å².